The van der Waals surface area contributed by atoms with Gasteiger partial charge in [0, 0.05) is 32.6 Å². The van der Waals surface area contributed by atoms with Gasteiger partial charge in [-0.3, -0.25) is 9.69 Å². The van der Waals surface area contributed by atoms with Crippen molar-refractivity contribution < 1.29 is 4.79 Å². The largest absolute Gasteiger partial charge is 0.301 e. The first-order valence-electron chi connectivity index (χ1n) is 11.8. The average Bonchev–Trinajstić information content (AvgIpc) is 3.23. The summed E-state index contributed by atoms with van der Waals surface area (Å²) in [4.78, 5) is 18.2. The SMILES string of the molecule is CCN1CCN(CC(=O)N2N=C(c3ccc(C)c(C)c3)C[C@H]2c2cc(C)ccc2C)CC1. The predicted octanol–water partition coefficient (Wildman–Crippen LogP) is 4.24. The lowest BCUT2D eigenvalue weighted by atomic mass is 9.93. The molecule has 0 saturated carbocycles. The quantitative estimate of drug-likeness (QED) is 0.710. The third-order valence-corrected chi connectivity index (χ3v) is 7.07. The van der Waals surface area contributed by atoms with Crippen LogP contribution in [0.2, 0.25) is 0 Å². The minimum absolute atomic E-state index is 0.0454. The molecule has 1 fully saturated rings. The van der Waals surface area contributed by atoms with Gasteiger partial charge in [-0.2, -0.15) is 5.10 Å². The summed E-state index contributed by atoms with van der Waals surface area (Å²) in [5.74, 6) is 0.0969. The average molecular weight is 433 g/mol. The normalized spacial score (nSPS) is 20.0. The lowest BCUT2D eigenvalue weighted by Crippen LogP contribution is -2.49. The van der Waals surface area contributed by atoms with Gasteiger partial charge in [0.25, 0.3) is 5.91 Å². The van der Waals surface area contributed by atoms with Crippen molar-refractivity contribution in [2.24, 2.45) is 5.10 Å². The fraction of sp³-hybridized carbons (Fsp3) is 0.481. The first kappa shape index (κ1) is 22.7. The van der Waals surface area contributed by atoms with E-state index in [1.54, 1.807) is 5.01 Å². The summed E-state index contributed by atoms with van der Waals surface area (Å²) in [6.45, 7) is 16.2. The summed E-state index contributed by atoms with van der Waals surface area (Å²) in [5.41, 5.74) is 8.29. The van der Waals surface area contributed by atoms with Gasteiger partial charge in [-0.15, -0.1) is 0 Å². The van der Waals surface area contributed by atoms with Crippen LogP contribution in [0, 0.1) is 27.7 Å². The molecule has 5 heteroatoms. The predicted molar refractivity (Wildman–Crippen MR) is 131 cm³/mol. The molecule has 1 atom stereocenters. The highest BCUT2D eigenvalue weighted by Crippen LogP contribution is 2.35. The second-order valence-corrected chi connectivity index (χ2v) is 9.37. The Morgan fingerprint density at radius 2 is 1.59 bits per heavy atom. The number of likely N-dealkylation sites (N-methyl/N-ethyl adjacent to an activating group) is 1. The van der Waals surface area contributed by atoms with E-state index >= 15 is 0 Å². The fourth-order valence-corrected chi connectivity index (χ4v) is 4.72. The smallest absolute Gasteiger partial charge is 0.257 e. The number of carbonyl (C=O) groups is 1. The molecule has 1 saturated heterocycles. The van der Waals surface area contributed by atoms with Crippen LogP contribution in [-0.2, 0) is 4.79 Å². The Labute approximate surface area is 192 Å². The van der Waals surface area contributed by atoms with Crippen LogP contribution in [0.3, 0.4) is 0 Å². The van der Waals surface area contributed by atoms with E-state index in [1.807, 2.05) is 0 Å². The van der Waals surface area contributed by atoms with Crippen molar-refractivity contribution in [3.8, 4) is 0 Å². The van der Waals surface area contributed by atoms with Gasteiger partial charge in [0.15, 0.2) is 0 Å². The van der Waals surface area contributed by atoms with Gasteiger partial charge in [0.05, 0.1) is 18.3 Å². The Balaban J connectivity index is 1.61. The van der Waals surface area contributed by atoms with Crippen LogP contribution in [0.5, 0.6) is 0 Å². The molecule has 32 heavy (non-hydrogen) atoms. The summed E-state index contributed by atoms with van der Waals surface area (Å²) in [7, 11) is 0. The molecule has 170 valence electrons. The van der Waals surface area contributed by atoms with E-state index in [0.29, 0.717) is 6.54 Å². The monoisotopic (exact) mass is 432 g/mol. The highest BCUT2D eigenvalue weighted by molar-refractivity contribution is 6.03. The Hall–Kier alpha value is -2.50. The van der Waals surface area contributed by atoms with Crippen molar-refractivity contribution in [3.05, 3.63) is 69.8 Å². The number of nitrogens with zero attached hydrogens (tertiary/aromatic N) is 4. The highest BCUT2D eigenvalue weighted by atomic mass is 16.2. The maximum absolute atomic E-state index is 13.5. The Morgan fingerprint density at radius 1 is 0.906 bits per heavy atom. The second-order valence-electron chi connectivity index (χ2n) is 9.37. The van der Waals surface area contributed by atoms with Crippen molar-refractivity contribution in [1.29, 1.82) is 0 Å². The lowest BCUT2D eigenvalue weighted by molar-refractivity contribution is -0.134. The molecule has 4 rings (SSSR count). The Morgan fingerprint density at radius 3 is 2.28 bits per heavy atom. The summed E-state index contributed by atoms with van der Waals surface area (Å²) in [5, 5.41) is 6.69. The molecule has 5 nitrogen and oxygen atoms in total. The summed E-state index contributed by atoms with van der Waals surface area (Å²) in [6, 6.07) is 13.0. The summed E-state index contributed by atoms with van der Waals surface area (Å²) >= 11 is 0. The van der Waals surface area contributed by atoms with Crippen LogP contribution in [-0.4, -0.2) is 65.7 Å². The Kier molecular flexibility index (Phi) is 6.77. The minimum Gasteiger partial charge on any atom is -0.301 e. The van der Waals surface area contributed by atoms with Gasteiger partial charge in [0.1, 0.15) is 0 Å². The number of benzene rings is 2. The number of carbonyl (C=O) groups excluding carboxylic acids is 1. The van der Waals surface area contributed by atoms with Crippen molar-refractivity contribution in [2.45, 2.75) is 47.1 Å². The molecule has 0 unspecified atom stereocenters. The number of amides is 1. The number of piperazine rings is 1. The molecule has 0 N–H and O–H groups in total. The van der Waals surface area contributed by atoms with E-state index in [1.165, 1.54) is 27.8 Å². The topological polar surface area (TPSA) is 39.1 Å². The van der Waals surface area contributed by atoms with E-state index in [2.05, 4.69) is 80.8 Å². The van der Waals surface area contributed by atoms with Gasteiger partial charge in [0.2, 0.25) is 0 Å². The molecule has 0 aliphatic carbocycles. The molecule has 0 bridgehead atoms. The van der Waals surface area contributed by atoms with Gasteiger partial charge >= 0.3 is 0 Å². The number of aryl methyl sites for hydroxylation is 4. The maximum Gasteiger partial charge on any atom is 0.257 e. The molecular formula is C27H36N4O. The zero-order chi connectivity index (χ0) is 22.8. The van der Waals surface area contributed by atoms with Crippen LogP contribution in [0.25, 0.3) is 0 Å². The van der Waals surface area contributed by atoms with Crippen molar-refractivity contribution in [1.82, 2.24) is 14.8 Å². The van der Waals surface area contributed by atoms with E-state index in [-0.39, 0.29) is 11.9 Å². The minimum atomic E-state index is -0.0454. The molecule has 2 aromatic carbocycles. The molecule has 0 spiro atoms. The van der Waals surface area contributed by atoms with Crippen LogP contribution in [0.4, 0.5) is 0 Å². The highest BCUT2D eigenvalue weighted by Gasteiger charge is 2.35. The third-order valence-electron chi connectivity index (χ3n) is 7.07. The van der Waals surface area contributed by atoms with Crippen molar-refractivity contribution in [2.75, 3.05) is 39.3 Å². The van der Waals surface area contributed by atoms with Gasteiger partial charge in [-0.05, 0) is 68.1 Å². The van der Waals surface area contributed by atoms with Crippen LogP contribution >= 0.6 is 0 Å². The van der Waals surface area contributed by atoms with Gasteiger partial charge < -0.3 is 4.90 Å². The van der Waals surface area contributed by atoms with Crippen LogP contribution in [0.1, 0.15) is 52.8 Å². The molecule has 0 radical (unpaired) electrons. The van der Waals surface area contributed by atoms with Gasteiger partial charge in [-0.25, -0.2) is 5.01 Å². The van der Waals surface area contributed by atoms with Crippen molar-refractivity contribution >= 4 is 11.6 Å². The van der Waals surface area contributed by atoms with E-state index < -0.39 is 0 Å². The standard InChI is InChI=1S/C27H36N4O/c1-6-29-11-13-30(14-12-29)18-27(32)31-26(24-15-19(2)7-8-21(24)4)17-25(28-31)23-10-9-20(3)22(5)16-23/h7-10,15-16,26H,6,11-14,17-18H2,1-5H3/t26-/m0/s1. The maximum atomic E-state index is 13.5. The molecule has 2 aliphatic rings. The number of hydrogen-bond donors (Lipinski definition) is 0. The molecule has 2 aliphatic heterocycles. The number of rotatable bonds is 5. The Bertz CT molecular complexity index is 1020. The molecule has 1 amide bonds. The first-order valence-corrected chi connectivity index (χ1v) is 11.8. The fourth-order valence-electron chi connectivity index (χ4n) is 4.72. The van der Waals surface area contributed by atoms with Crippen molar-refractivity contribution in [3.63, 3.8) is 0 Å². The second kappa shape index (κ2) is 9.55. The molecule has 2 aromatic rings. The first-order chi connectivity index (χ1) is 15.4. The van der Waals surface area contributed by atoms with E-state index in [4.69, 9.17) is 5.10 Å². The third kappa shape index (κ3) is 4.79. The number of hydrogen-bond acceptors (Lipinski definition) is 4. The summed E-state index contributed by atoms with van der Waals surface area (Å²) in [6.07, 6.45) is 0.752. The number of hydrazone groups is 1. The molecule has 2 heterocycles. The van der Waals surface area contributed by atoms with Gasteiger partial charge in [-0.1, -0.05) is 42.8 Å². The zero-order valence-electron chi connectivity index (χ0n) is 20.2. The summed E-state index contributed by atoms with van der Waals surface area (Å²) < 4.78 is 0. The molecule has 0 aromatic heterocycles. The van der Waals surface area contributed by atoms with E-state index in [0.717, 1.165) is 50.4 Å². The van der Waals surface area contributed by atoms with Crippen LogP contribution in [0.15, 0.2) is 41.5 Å². The van der Waals surface area contributed by atoms with E-state index in [9.17, 15) is 4.79 Å². The molecular weight excluding hydrogens is 396 g/mol. The lowest BCUT2D eigenvalue weighted by Gasteiger charge is -2.34. The zero-order valence-corrected chi connectivity index (χ0v) is 20.2. The van der Waals surface area contributed by atoms with Crippen LogP contribution < -0.4 is 0 Å².